The Labute approximate surface area is 162 Å². The SMILES string of the molecule is COc1cc(CNC(=O)c2cc(C3CC3)n(C(C)(C)C)n2)ccc1OC(F)F. The van der Waals surface area contributed by atoms with Crippen molar-refractivity contribution in [3.63, 3.8) is 0 Å². The van der Waals surface area contributed by atoms with E-state index in [1.54, 1.807) is 12.1 Å². The summed E-state index contributed by atoms with van der Waals surface area (Å²) >= 11 is 0. The molecule has 6 nitrogen and oxygen atoms in total. The molecule has 1 aromatic carbocycles. The van der Waals surface area contributed by atoms with Crippen LogP contribution in [0, 0.1) is 0 Å². The number of halogens is 2. The van der Waals surface area contributed by atoms with Crippen molar-refractivity contribution in [2.24, 2.45) is 0 Å². The Morgan fingerprint density at radius 1 is 1.29 bits per heavy atom. The van der Waals surface area contributed by atoms with E-state index in [4.69, 9.17) is 4.74 Å². The van der Waals surface area contributed by atoms with Gasteiger partial charge < -0.3 is 14.8 Å². The molecule has 1 fully saturated rings. The van der Waals surface area contributed by atoms with Crippen molar-refractivity contribution < 1.29 is 23.0 Å². The van der Waals surface area contributed by atoms with Crippen molar-refractivity contribution in [3.05, 3.63) is 41.2 Å². The third kappa shape index (κ3) is 4.61. The maximum Gasteiger partial charge on any atom is 0.387 e. The number of nitrogens with one attached hydrogen (secondary N) is 1. The number of aromatic nitrogens is 2. The van der Waals surface area contributed by atoms with Gasteiger partial charge in [0.2, 0.25) is 0 Å². The van der Waals surface area contributed by atoms with E-state index in [-0.39, 0.29) is 29.5 Å². The molecule has 3 rings (SSSR count). The average Bonchev–Trinajstić information content (AvgIpc) is 3.36. The lowest BCUT2D eigenvalue weighted by Crippen LogP contribution is -2.27. The van der Waals surface area contributed by atoms with Crippen LogP contribution in [-0.2, 0) is 12.1 Å². The van der Waals surface area contributed by atoms with Gasteiger partial charge in [-0.25, -0.2) is 0 Å². The average molecular weight is 393 g/mol. The minimum Gasteiger partial charge on any atom is -0.493 e. The summed E-state index contributed by atoms with van der Waals surface area (Å²) in [5.74, 6) is 0.322. The Hall–Kier alpha value is -2.64. The number of benzene rings is 1. The van der Waals surface area contributed by atoms with Crippen LogP contribution in [0.1, 0.15) is 61.3 Å². The standard InChI is InChI=1S/C20H25F2N3O3/c1-20(2,3)25-15(13-6-7-13)10-14(24-25)18(26)23-11-12-5-8-16(28-19(21)22)17(9-12)27-4/h5,8-10,13,19H,6-7,11H2,1-4H3,(H,23,26). The van der Waals surface area contributed by atoms with E-state index in [9.17, 15) is 13.6 Å². The molecule has 1 saturated carbocycles. The number of hydrogen-bond acceptors (Lipinski definition) is 4. The number of ether oxygens (including phenoxy) is 2. The topological polar surface area (TPSA) is 65.4 Å². The van der Waals surface area contributed by atoms with Crippen LogP contribution in [0.3, 0.4) is 0 Å². The molecular weight excluding hydrogens is 368 g/mol. The van der Waals surface area contributed by atoms with Crippen molar-refractivity contribution in [2.75, 3.05) is 7.11 Å². The summed E-state index contributed by atoms with van der Waals surface area (Å²) in [6.07, 6.45) is 2.24. The first-order chi connectivity index (χ1) is 13.2. The van der Waals surface area contributed by atoms with Crippen LogP contribution in [0.15, 0.2) is 24.3 Å². The highest BCUT2D eigenvalue weighted by Gasteiger charge is 2.32. The number of carbonyl (C=O) groups excluding carboxylic acids is 1. The molecule has 1 N–H and O–H groups in total. The lowest BCUT2D eigenvalue weighted by atomic mass is 10.1. The van der Waals surface area contributed by atoms with Gasteiger partial charge in [-0.05, 0) is 57.4 Å². The zero-order valence-electron chi connectivity index (χ0n) is 16.5. The lowest BCUT2D eigenvalue weighted by molar-refractivity contribution is -0.0512. The summed E-state index contributed by atoms with van der Waals surface area (Å²) in [7, 11) is 1.37. The van der Waals surface area contributed by atoms with Crippen molar-refractivity contribution in [1.82, 2.24) is 15.1 Å². The fourth-order valence-corrected chi connectivity index (χ4v) is 3.00. The van der Waals surface area contributed by atoms with Gasteiger partial charge >= 0.3 is 6.61 Å². The number of nitrogens with zero attached hydrogens (tertiary/aromatic N) is 2. The van der Waals surface area contributed by atoms with Gasteiger partial charge in [-0.1, -0.05) is 6.07 Å². The largest absolute Gasteiger partial charge is 0.493 e. The molecule has 8 heteroatoms. The van der Waals surface area contributed by atoms with Crippen LogP contribution in [-0.4, -0.2) is 29.4 Å². The maximum atomic E-state index is 12.6. The highest BCUT2D eigenvalue weighted by Crippen LogP contribution is 2.41. The molecule has 0 unspecified atom stereocenters. The van der Waals surface area contributed by atoms with E-state index in [1.165, 1.54) is 13.2 Å². The molecule has 2 aromatic rings. The molecule has 1 heterocycles. The minimum absolute atomic E-state index is 0.0504. The predicted octanol–water partition coefficient (Wildman–Crippen LogP) is 4.06. The smallest absolute Gasteiger partial charge is 0.387 e. The Morgan fingerprint density at radius 3 is 2.57 bits per heavy atom. The van der Waals surface area contributed by atoms with Gasteiger partial charge in [0.05, 0.1) is 12.6 Å². The summed E-state index contributed by atoms with van der Waals surface area (Å²) in [5, 5.41) is 7.33. The van der Waals surface area contributed by atoms with Crippen LogP contribution in [0.4, 0.5) is 8.78 Å². The number of amides is 1. The number of rotatable bonds is 7. The normalized spacial score (nSPS) is 14.2. The summed E-state index contributed by atoms with van der Waals surface area (Å²) in [6, 6.07) is 6.41. The van der Waals surface area contributed by atoms with E-state index >= 15 is 0 Å². The van der Waals surface area contributed by atoms with Gasteiger partial charge in [0.15, 0.2) is 11.5 Å². The van der Waals surface area contributed by atoms with Gasteiger partial charge in [-0.15, -0.1) is 0 Å². The van der Waals surface area contributed by atoms with Gasteiger partial charge in [-0.2, -0.15) is 13.9 Å². The van der Waals surface area contributed by atoms with Gasteiger partial charge in [-0.3, -0.25) is 9.48 Å². The molecule has 0 bridgehead atoms. The van der Waals surface area contributed by atoms with Gasteiger partial charge in [0, 0.05) is 18.2 Å². The van der Waals surface area contributed by atoms with E-state index in [1.807, 2.05) is 10.7 Å². The van der Waals surface area contributed by atoms with E-state index in [0.717, 1.165) is 18.5 Å². The summed E-state index contributed by atoms with van der Waals surface area (Å²) in [6.45, 7) is 3.46. The summed E-state index contributed by atoms with van der Waals surface area (Å²) in [4.78, 5) is 12.6. The zero-order valence-corrected chi connectivity index (χ0v) is 16.5. The molecule has 1 aliphatic rings. The molecule has 0 atom stereocenters. The third-order valence-corrected chi connectivity index (χ3v) is 4.50. The molecular formula is C20H25F2N3O3. The fraction of sp³-hybridized carbons (Fsp3) is 0.500. The molecule has 152 valence electrons. The Bertz CT molecular complexity index is 855. The number of methoxy groups -OCH3 is 1. The molecule has 1 amide bonds. The maximum absolute atomic E-state index is 12.6. The highest BCUT2D eigenvalue weighted by molar-refractivity contribution is 5.92. The van der Waals surface area contributed by atoms with Crippen LogP contribution >= 0.6 is 0 Å². The molecule has 1 aliphatic carbocycles. The quantitative estimate of drug-likeness (QED) is 0.771. The molecule has 0 saturated heterocycles. The summed E-state index contributed by atoms with van der Waals surface area (Å²) in [5.41, 5.74) is 1.96. The molecule has 0 aliphatic heterocycles. The molecule has 0 spiro atoms. The Morgan fingerprint density at radius 2 is 2.00 bits per heavy atom. The van der Waals surface area contributed by atoms with Gasteiger partial charge in [0.1, 0.15) is 5.69 Å². The van der Waals surface area contributed by atoms with Crippen molar-refractivity contribution >= 4 is 5.91 Å². The van der Waals surface area contributed by atoms with Crippen LogP contribution in [0.2, 0.25) is 0 Å². The van der Waals surface area contributed by atoms with E-state index in [2.05, 4.69) is 35.9 Å². The van der Waals surface area contributed by atoms with Crippen molar-refractivity contribution in [3.8, 4) is 11.5 Å². The Kier molecular flexibility index (Phi) is 5.58. The second-order valence-corrected chi connectivity index (χ2v) is 7.86. The van der Waals surface area contributed by atoms with Crippen LogP contribution in [0.25, 0.3) is 0 Å². The number of carbonyl (C=O) groups is 1. The highest BCUT2D eigenvalue weighted by atomic mass is 19.3. The van der Waals surface area contributed by atoms with Crippen LogP contribution in [0.5, 0.6) is 11.5 Å². The predicted molar refractivity (Wildman–Crippen MR) is 100.0 cm³/mol. The second kappa shape index (κ2) is 7.77. The molecule has 0 radical (unpaired) electrons. The van der Waals surface area contributed by atoms with E-state index in [0.29, 0.717) is 17.2 Å². The lowest BCUT2D eigenvalue weighted by Gasteiger charge is -2.22. The fourth-order valence-electron chi connectivity index (χ4n) is 3.00. The first kappa shape index (κ1) is 20.1. The number of alkyl halides is 2. The molecule has 1 aromatic heterocycles. The van der Waals surface area contributed by atoms with Crippen molar-refractivity contribution in [2.45, 2.75) is 58.2 Å². The third-order valence-electron chi connectivity index (χ3n) is 4.50. The monoisotopic (exact) mass is 393 g/mol. The second-order valence-electron chi connectivity index (χ2n) is 7.86. The first-order valence-electron chi connectivity index (χ1n) is 9.19. The van der Waals surface area contributed by atoms with Gasteiger partial charge in [0.25, 0.3) is 5.91 Å². The molecule has 28 heavy (non-hydrogen) atoms. The Balaban J connectivity index is 1.70. The van der Waals surface area contributed by atoms with Crippen LogP contribution < -0.4 is 14.8 Å². The van der Waals surface area contributed by atoms with Crippen molar-refractivity contribution in [1.29, 1.82) is 0 Å². The first-order valence-corrected chi connectivity index (χ1v) is 9.19. The minimum atomic E-state index is -2.93. The number of hydrogen-bond donors (Lipinski definition) is 1. The van der Waals surface area contributed by atoms with E-state index < -0.39 is 6.61 Å². The zero-order chi connectivity index (χ0) is 20.5. The summed E-state index contributed by atoms with van der Waals surface area (Å²) < 4.78 is 36.2.